The first-order valence-corrected chi connectivity index (χ1v) is 6.50. The maximum Gasteiger partial charge on any atom is 0.134 e. The van der Waals surface area contributed by atoms with Gasteiger partial charge in [-0.3, -0.25) is 0 Å². The third-order valence-corrected chi connectivity index (χ3v) is 4.16. The predicted molar refractivity (Wildman–Crippen MR) is 69.6 cm³/mol. The summed E-state index contributed by atoms with van der Waals surface area (Å²) in [5, 5.41) is 1.16. The first-order chi connectivity index (χ1) is 8.25. The molecule has 3 rings (SSSR count). The van der Waals surface area contributed by atoms with E-state index in [1.807, 2.05) is 18.2 Å². The molecule has 17 heavy (non-hydrogen) atoms. The standard InChI is InChI=1S/C15H19NO/c1-10-5-4-7-12(10)15(16)14-9-11-6-2-3-8-13(11)17-14/h2-3,6,8-10,12,15H,4-5,7,16H2,1H3. The van der Waals surface area contributed by atoms with Crippen LogP contribution < -0.4 is 5.73 Å². The highest BCUT2D eigenvalue weighted by atomic mass is 16.3. The van der Waals surface area contributed by atoms with Gasteiger partial charge in [0.15, 0.2) is 0 Å². The summed E-state index contributed by atoms with van der Waals surface area (Å²) < 4.78 is 5.87. The molecule has 0 saturated heterocycles. The van der Waals surface area contributed by atoms with Gasteiger partial charge in [-0.15, -0.1) is 0 Å². The van der Waals surface area contributed by atoms with Crippen molar-refractivity contribution in [3.63, 3.8) is 0 Å². The Kier molecular flexibility index (Phi) is 2.67. The number of rotatable bonds is 2. The zero-order valence-corrected chi connectivity index (χ0v) is 10.2. The molecule has 0 amide bonds. The fourth-order valence-electron chi connectivity index (χ4n) is 3.09. The minimum absolute atomic E-state index is 0.0555. The summed E-state index contributed by atoms with van der Waals surface area (Å²) in [6.07, 6.45) is 3.84. The van der Waals surface area contributed by atoms with Crippen LogP contribution >= 0.6 is 0 Å². The van der Waals surface area contributed by atoms with E-state index in [1.165, 1.54) is 19.3 Å². The second-order valence-corrected chi connectivity index (χ2v) is 5.28. The minimum Gasteiger partial charge on any atom is -0.459 e. The number of nitrogens with two attached hydrogens (primary N) is 1. The van der Waals surface area contributed by atoms with Crippen molar-refractivity contribution in [3.05, 3.63) is 36.1 Å². The van der Waals surface area contributed by atoms with E-state index in [4.69, 9.17) is 10.2 Å². The van der Waals surface area contributed by atoms with Gasteiger partial charge in [0.1, 0.15) is 11.3 Å². The summed E-state index contributed by atoms with van der Waals surface area (Å²) >= 11 is 0. The molecule has 90 valence electrons. The molecule has 1 aromatic carbocycles. The van der Waals surface area contributed by atoms with Crippen LogP contribution in [0.3, 0.4) is 0 Å². The average Bonchev–Trinajstić information content (AvgIpc) is 2.93. The second-order valence-electron chi connectivity index (χ2n) is 5.28. The molecular formula is C15H19NO. The van der Waals surface area contributed by atoms with Crippen molar-refractivity contribution < 1.29 is 4.42 Å². The van der Waals surface area contributed by atoms with Crippen LogP contribution in [0.4, 0.5) is 0 Å². The van der Waals surface area contributed by atoms with E-state index in [-0.39, 0.29) is 6.04 Å². The average molecular weight is 229 g/mol. The fraction of sp³-hybridized carbons (Fsp3) is 0.467. The van der Waals surface area contributed by atoms with Gasteiger partial charge in [0.2, 0.25) is 0 Å². The maximum atomic E-state index is 6.36. The molecular weight excluding hydrogens is 210 g/mol. The molecule has 0 aliphatic heterocycles. The highest BCUT2D eigenvalue weighted by Crippen LogP contribution is 2.39. The molecule has 2 aromatic rings. The largest absolute Gasteiger partial charge is 0.459 e. The molecule has 1 saturated carbocycles. The Morgan fingerprint density at radius 1 is 1.29 bits per heavy atom. The molecule has 0 spiro atoms. The van der Waals surface area contributed by atoms with Crippen molar-refractivity contribution in [1.29, 1.82) is 0 Å². The fourth-order valence-corrected chi connectivity index (χ4v) is 3.09. The molecule has 1 aromatic heterocycles. The normalized spacial score (nSPS) is 26.5. The number of fused-ring (bicyclic) bond motifs is 1. The molecule has 1 fully saturated rings. The Hall–Kier alpha value is -1.28. The molecule has 3 atom stereocenters. The van der Waals surface area contributed by atoms with Gasteiger partial charge in [-0.05, 0) is 30.4 Å². The quantitative estimate of drug-likeness (QED) is 0.849. The van der Waals surface area contributed by atoms with Crippen LogP contribution in [0.1, 0.15) is 38.0 Å². The maximum absolute atomic E-state index is 6.36. The van der Waals surface area contributed by atoms with E-state index in [9.17, 15) is 0 Å². The number of benzene rings is 1. The van der Waals surface area contributed by atoms with E-state index < -0.39 is 0 Å². The predicted octanol–water partition coefficient (Wildman–Crippen LogP) is 3.87. The van der Waals surface area contributed by atoms with Gasteiger partial charge in [-0.2, -0.15) is 0 Å². The van der Waals surface area contributed by atoms with Gasteiger partial charge in [-0.1, -0.05) is 38.0 Å². The Bertz CT molecular complexity index is 483. The molecule has 0 radical (unpaired) electrons. The molecule has 1 heterocycles. The van der Waals surface area contributed by atoms with Gasteiger partial charge in [0.25, 0.3) is 0 Å². The smallest absolute Gasteiger partial charge is 0.134 e. The van der Waals surface area contributed by atoms with Crippen LogP contribution in [0.2, 0.25) is 0 Å². The molecule has 1 aliphatic rings. The van der Waals surface area contributed by atoms with E-state index in [0.29, 0.717) is 5.92 Å². The topological polar surface area (TPSA) is 39.2 Å². The van der Waals surface area contributed by atoms with Crippen molar-refractivity contribution >= 4 is 11.0 Å². The third-order valence-electron chi connectivity index (χ3n) is 4.16. The summed E-state index contributed by atoms with van der Waals surface area (Å²) in [5.74, 6) is 2.25. The summed E-state index contributed by atoms with van der Waals surface area (Å²) in [6.45, 7) is 2.31. The van der Waals surface area contributed by atoms with Crippen molar-refractivity contribution in [2.45, 2.75) is 32.2 Å². The monoisotopic (exact) mass is 229 g/mol. The van der Waals surface area contributed by atoms with E-state index in [2.05, 4.69) is 19.1 Å². The van der Waals surface area contributed by atoms with Gasteiger partial charge >= 0.3 is 0 Å². The molecule has 2 N–H and O–H groups in total. The lowest BCUT2D eigenvalue weighted by molar-refractivity contribution is 0.316. The van der Waals surface area contributed by atoms with Crippen LogP contribution in [0.5, 0.6) is 0 Å². The van der Waals surface area contributed by atoms with Crippen LogP contribution in [-0.2, 0) is 0 Å². The number of hydrogen-bond donors (Lipinski definition) is 1. The summed E-state index contributed by atoms with van der Waals surface area (Å²) in [7, 11) is 0. The number of hydrogen-bond acceptors (Lipinski definition) is 2. The molecule has 0 bridgehead atoms. The van der Waals surface area contributed by atoms with Gasteiger partial charge < -0.3 is 10.2 Å². The van der Waals surface area contributed by atoms with Crippen LogP contribution in [0, 0.1) is 11.8 Å². The number of furan rings is 1. The van der Waals surface area contributed by atoms with Gasteiger partial charge in [0, 0.05) is 5.39 Å². The van der Waals surface area contributed by atoms with Crippen molar-refractivity contribution in [3.8, 4) is 0 Å². The first-order valence-electron chi connectivity index (χ1n) is 6.50. The summed E-state index contributed by atoms with van der Waals surface area (Å²) in [4.78, 5) is 0. The van der Waals surface area contributed by atoms with Gasteiger partial charge in [0.05, 0.1) is 6.04 Å². The first kappa shape index (κ1) is 10.8. The van der Waals surface area contributed by atoms with E-state index in [1.54, 1.807) is 0 Å². The zero-order valence-electron chi connectivity index (χ0n) is 10.2. The van der Waals surface area contributed by atoms with Crippen LogP contribution in [0.25, 0.3) is 11.0 Å². The minimum atomic E-state index is 0.0555. The highest BCUT2D eigenvalue weighted by Gasteiger charge is 2.31. The summed E-state index contributed by atoms with van der Waals surface area (Å²) in [6, 6.07) is 10.3. The Morgan fingerprint density at radius 2 is 2.12 bits per heavy atom. The number of para-hydroxylation sites is 1. The lowest BCUT2D eigenvalue weighted by atomic mass is 9.89. The Labute approximate surface area is 102 Å². The van der Waals surface area contributed by atoms with Crippen molar-refractivity contribution in [1.82, 2.24) is 0 Å². The Morgan fingerprint density at radius 3 is 2.82 bits per heavy atom. The molecule has 3 unspecified atom stereocenters. The van der Waals surface area contributed by atoms with Crippen molar-refractivity contribution in [2.24, 2.45) is 17.6 Å². The lowest BCUT2D eigenvalue weighted by Gasteiger charge is -2.21. The van der Waals surface area contributed by atoms with E-state index in [0.717, 1.165) is 22.6 Å². The van der Waals surface area contributed by atoms with E-state index >= 15 is 0 Å². The molecule has 2 heteroatoms. The van der Waals surface area contributed by atoms with Gasteiger partial charge in [-0.25, -0.2) is 0 Å². The zero-order chi connectivity index (χ0) is 11.8. The highest BCUT2D eigenvalue weighted by molar-refractivity contribution is 5.77. The van der Waals surface area contributed by atoms with Crippen LogP contribution in [-0.4, -0.2) is 0 Å². The van der Waals surface area contributed by atoms with Crippen molar-refractivity contribution in [2.75, 3.05) is 0 Å². The Balaban J connectivity index is 1.92. The third kappa shape index (κ3) is 1.87. The lowest BCUT2D eigenvalue weighted by Crippen LogP contribution is -2.22. The summed E-state index contributed by atoms with van der Waals surface area (Å²) in [5.41, 5.74) is 7.31. The SMILES string of the molecule is CC1CCCC1C(N)c1cc2ccccc2o1. The molecule has 1 aliphatic carbocycles. The molecule has 2 nitrogen and oxygen atoms in total. The second kappa shape index (κ2) is 4.19. The van der Waals surface area contributed by atoms with Crippen LogP contribution in [0.15, 0.2) is 34.7 Å².